The number of ether oxygens (including phenoxy) is 1. The standard InChI is InChI=1S/C27H28F2N6O2/c1-15-6-16(8-18(30)7-15)20-4-5-31-12-24(20)33-26-32-11-19-2-3-23(34-35(19)26)25-21(28)9-17(10-22(25)29)27(36)13-37-14-27/h2-5,9-12,15-16,18,36H,6-8,13-14,30H2,1H3,(H,32,33). The lowest BCUT2D eigenvalue weighted by atomic mass is 9.76. The molecule has 4 aromatic rings. The summed E-state index contributed by atoms with van der Waals surface area (Å²) >= 11 is 0. The number of rotatable bonds is 5. The van der Waals surface area contributed by atoms with E-state index in [0.717, 1.165) is 42.6 Å². The van der Waals surface area contributed by atoms with E-state index in [-0.39, 0.29) is 42.0 Å². The number of nitrogens with two attached hydrogens (primary N) is 1. The molecule has 0 spiro atoms. The van der Waals surface area contributed by atoms with Gasteiger partial charge in [0.15, 0.2) is 0 Å². The Morgan fingerprint density at radius 1 is 1.11 bits per heavy atom. The maximum Gasteiger partial charge on any atom is 0.229 e. The summed E-state index contributed by atoms with van der Waals surface area (Å²) in [5.74, 6) is -0.405. The molecule has 3 aromatic heterocycles. The molecule has 2 fully saturated rings. The Bertz CT molecular complexity index is 1440. The zero-order valence-electron chi connectivity index (χ0n) is 20.4. The predicted octanol–water partition coefficient (Wildman–Crippen LogP) is 4.26. The fourth-order valence-corrected chi connectivity index (χ4v) is 5.55. The van der Waals surface area contributed by atoms with E-state index in [1.807, 2.05) is 6.07 Å². The molecular weight excluding hydrogens is 478 g/mol. The number of pyridine rings is 1. The van der Waals surface area contributed by atoms with Crippen LogP contribution in [-0.4, -0.2) is 43.9 Å². The number of fused-ring (bicyclic) bond motifs is 1. The number of aliphatic hydroxyl groups is 1. The van der Waals surface area contributed by atoms with Crippen LogP contribution < -0.4 is 11.1 Å². The van der Waals surface area contributed by atoms with Gasteiger partial charge in [-0.2, -0.15) is 9.61 Å². The Morgan fingerprint density at radius 2 is 1.89 bits per heavy atom. The van der Waals surface area contributed by atoms with Gasteiger partial charge >= 0.3 is 0 Å². The summed E-state index contributed by atoms with van der Waals surface area (Å²) in [6.07, 6.45) is 8.10. The van der Waals surface area contributed by atoms with E-state index in [9.17, 15) is 5.11 Å². The van der Waals surface area contributed by atoms with Crippen molar-refractivity contribution >= 4 is 17.2 Å². The minimum Gasteiger partial charge on any atom is -0.380 e. The van der Waals surface area contributed by atoms with Gasteiger partial charge in [0.1, 0.15) is 17.2 Å². The van der Waals surface area contributed by atoms with Crippen LogP contribution in [0, 0.1) is 17.6 Å². The number of halogens is 2. The second-order valence-electron chi connectivity index (χ2n) is 10.3. The lowest BCUT2D eigenvalue weighted by Gasteiger charge is -2.36. The van der Waals surface area contributed by atoms with E-state index in [0.29, 0.717) is 17.4 Å². The number of nitrogens with one attached hydrogen (secondary N) is 1. The topological polar surface area (TPSA) is 111 Å². The van der Waals surface area contributed by atoms with Gasteiger partial charge in [0, 0.05) is 12.2 Å². The van der Waals surface area contributed by atoms with Gasteiger partial charge in [-0.15, -0.1) is 0 Å². The van der Waals surface area contributed by atoms with Crippen molar-refractivity contribution in [3.05, 3.63) is 71.7 Å². The summed E-state index contributed by atoms with van der Waals surface area (Å²) in [6.45, 7) is 2.22. The van der Waals surface area contributed by atoms with Gasteiger partial charge in [-0.3, -0.25) is 4.98 Å². The molecular formula is C27H28F2N6O2. The van der Waals surface area contributed by atoms with E-state index in [1.54, 1.807) is 30.7 Å². The SMILES string of the molecule is CC1CC(N)CC(c2ccncc2Nc2ncc3ccc(-c4c(F)cc(C5(O)COC5)cc4F)nn23)C1. The number of imidazole rings is 1. The highest BCUT2D eigenvalue weighted by Gasteiger charge is 2.39. The third-order valence-electron chi connectivity index (χ3n) is 7.42. The van der Waals surface area contributed by atoms with E-state index < -0.39 is 17.2 Å². The van der Waals surface area contributed by atoms with Gasteiger partial charge in [-0.1, -0.05) is 6.92 Å². The summed E-state index contributed by atoms with van der Waals surface area (Å²) in [6, 6.07) is 7.67. The maximum atomic E-state index is 15.1. The number of benzene rings is 1. The molecule has 2 aliphatic rings. The highest BCUT2D eigenvalue weighted by atomic mass is 19.1. The lowest BCUT2D eigenvalue weighted by Crippen LogP contribution is -2.46. The summed E-state index contributed by atoms with van der Waals surface area (Å²) in [5, 5.41) is 18.2. The number of hydrogen-bond donors (Lipinski definition) is 3. The van der Waals surface area contributed by atoms with Crippen molar-refractivity contribution < 1.29 is 18.6 Å². The normalized spacial score (nSPS) is 23.1. The number of anilines is 2. The number of hydrogen-bond acceptors (Lipinski definition) is 7. The van der Waals surface area contributed by atoms with Gasteiger partial charge in [-0.25, -0.2) is 13.8 Å². The van der Waals surface area contributed by atoms with Crippen molar-refractivity contribution in [2.24, 2.45) is 11.7 Å². The average Bonchev–Trinajstić information content (AvgIpc) is 3.24. The van der Waals surface area contributed by atoms with Crippen LogP contribution in [0.5, 0.6) is 0 Å². The predicted molar refractivity (Wildman–Crippen MR) is 134 cm³/mol. The molecule has 192 valence electrons. The van der Waals surface area contributed by atoms with E-state index in [1.165, 1.54) is 4.52 Å². The Morgan fingerprint density at radius 3 is 2.59 bits per heavy atom. The number of aromatic nitrogens is 4. The Labute approximate surface area is 212 Å². The van der Waals surface area contributed by atoms with E-state index in [4.69, 9.17) is 10.5 Å². The molecule has 0 amide bonds. The van der Waals surface area contributed by atoms with Crippen molar-refractivity contribution in [2.45, 2.75) is 43.7 Å². The fourth-order valence-electron chi connectivity index (χ4n) is 5.55. The van der Waals surface area contributed by atoms with Crippen LogP contribution in [0.4, 0.5) is 20.4 Å². The molecule has 0 bridgehead atoms. The minimum absolute atomic E-state index is 0.00153. The van der Waals surface area contributed by atoms with Gasteiger partial charge in [-0.05, 0) is 72.6 Å². The molecule has 3 unspecified atom stereocenters. The molecule has 4 N–H and O–H groups in total. The second-order valence-corrected chi connectivity index (χ2v) is 10.3. The van der Waals surface area contributed by atoms with Crippen LogP contribution in [0.1, 0.15) is 43.2 Å². The molecule has 1 saturated heterocycles. The monoisotopic (exact) mass is 506 g/mol. The minimum atomic E-state index is -1.37. The molecule has 1 aliphatic carbocycles. The zero-order valence-corrected chi connectivity index (χ0v) is 20.4. The molecule has 1 aliphatic heterocycles. The van der Waals surface area contributed by atoms with E-state index >= 15 is 8.78 Å². The third-order valence-corrected chi connectivity index (χ3v) is 7.42. The molecule has 10 heteroatoms. The van der Waals surface area contributed by atoms with Crippen LogP contribution in [0.2, 0.25) is 0 Å². The second kappa shape index (κ2) is 9.13. The highest BCUT2D eigenvalue weighted by Crippen LogP contribution is 2.39. The van der Waals surface area contributed by atoms with Crippen LogP contribution in [-0.2, 0) is 10.3 Å². The average molecular weight is 507 g/mol. The first kappa shape index (κ1) is 23.9. The Hall–Kier alpha value is -3.47. The molecule has 1 aromatic carbocycles. The summed E-state index contributed by atoms with van der Waals surface area (Å²) in [4.78, 5) is 8.74. The van der Waals surface area contributed by atoms with Gasteiger partial charge < -0.3 is 20.9 Å². The zero-order chi connectivity index (χ0) is 25.7. The third kappa shape index (κ3) is 4.35. The van der Waals surface area contributed by atoms with Crippen molar-refractivity contribution in [1.82, 2.24) is 19.6 Å². The van der Waals surface area contributed by atoms with Gasteiger partial charge in [0.25, 0.3) is 0 Å². The lowest BCUT2D eigenvalue weighted by molar-refractivity contribution is -0.184. The van der Waals surface area contributed by atoms with Gasteiger partial charge in [0.05, 0.1) is 48.1 Å². The van der Waals surface area contributed by atoms with Crippen LogP contribution in [0.15, 0.2) is 48.9 Å². The quantitative estimate of drug-likeness (QED) is 0.371. The van der Waals surface area contributed by atoms with Crippen molar-refractivity contribution in [3.63, 3.8) is 0 Å². The van der Waals surface area contributed by atoms with Crippen molar-refractivity contribution in [1.29, 1.82) is 0 Å². The largest absolute Gasteiger partial charge is 0.380 e. The molecule has 37 heavy (non-hydrogen) atoms. The molecule has 0 radical (unpaired) electrons. The molecule has 3 atom stereocenters. The first-order valence-corrected chi connectivity index (χ1v) is 12.4. The summed E-state index contributed by atoms with van der Waals surface area (Å²) in [7, 11) is 0. The van der Waals surface area contributed by atoms with Crippen LogP contribution in [0.25, 0.3) is 16.8 Å². The fraction of sp³-hybridized carbons (Fsp3) is 0.370. The van der Waals surface area contributed by atoms with E-state index in [2.05, 4.69) is 27.3 Å². The first-order chi connectivity index (χ1) is 17.8. The number of nitrogens with zero attached hydrogens (tertiary/aromatic N) is 4. The maximum absolute atomic E-state index is 15.1. The molecule has 6 rings (SSSR count). The molecule has 1 saturated carbocycles. The van der Waals surface area contributed by atoms with Crippen LogP contribution in [0.3, 0.4) is 0 Å². The summed E-state index contributed by atoms with van der Waals surface area (Å²) < 4.78 is 36.7. The smallest absolute Gasteiger partial charge is 0.229 e. The van der Waals surface area contributed by atoms with Gasteiger partial charge in [0.2, 0.25) is 5.95 Å². The Balaban J connectivity index is 1.35. The Kier molecular flexibility index (Phi) is 5.89. The van der Waals surface area contributed by atoms with Crippen molar-refractivity contribution in [3.8, 4) is 11.3 Å². The van der Waals surface area contributed by atoms with Crippen LogP contribution >= 0.6 is 0 Å². The molecule has 4 heterocycles. The molecule has 8 nitrogen and oxygen atoms in total. The summed E-state index contributed by atoms with van der Waals surface area (Å²) in [5.41, 5.74) is 7.46. The highest BCUT2D eigenvalue weighted by molar-refractivity contribution is 5.66. The van der Waals surface area contributed by atoms with Crippen molar-refractivity contribution in [2.75, 3.05) is 18.5 Å². The first-order valence-electron chi connectivity index (χ1n) is 12.4.